The van der Waals surface area contributed by atoms with E-state index in [-0.39, 0.29) is 28.3 Å². The molecular weight excluding hydrogens is 561 g/mol. The van der Waals surface area contributed by atoms with Crippen LogP contribution in [-0.2, 0) is 0 Å². The van der Waals surface area contributed by atoms with Crippen molar-refractivity contribution in [2.45, 2.75) is 6.29 Å². The highest BCUT2D eigenvalue weighted by atomic mass is 79.9. The highest BCUT2D eigenvalue weighted by Gasteiger charge is 2.43. The quantitative estimate of drug-likeness (QED) is 0.392. The molecule has 1 aliphatic heterocycles. The van der Waals surface area contributed by atoms with E-state index in [9.17, 15) is 22.8 Å². The molecule has 4 rings (SSSR count). The van der Waals surface area contributed by atoms with Gasteiger partial charge in [-0.1, -0.05) is 12.1 Å². The van der Waals surface area contributed by atoms with E-state index in [1.807, 2.05) is 0 Å². The van der Waals surface area contributed by atoms with Crippen LogP contribution in [0, 0.1) is 5.82 Å². The zero-order chi connectivity index (χ0) is 23.0. The number of ether oxygens (including phenoxy) is 2. The van der Waals surface area contributed by atoms with E-state index < -0.39 is 23.9 Å². The molecule has 0 radical (unpaired) electrons. The van der Waals surface area contributed by atoms with E-state index in [2.05, 4.69) is 52.0 Å². The monoisotopic (exact) mass is 570 g/mol. The van der Waals surface area contributed by atoms with Crippen LogP contribution in [0.3, 0.4) is 0 Å². The molecule has 0 fully saturated rings. The minimum atomic E-state index is -3.83. The van der Waals surface area contributed by atoms with Crippen LogP contribution >= 0.6 is 31.9 Å². The summed E-state index contributed by atoms with van der Waals surface area (Å²) in [5.74, 6) is -3.05. The van der Waals surface area contributed by atoms with Crippen molar-refractivity contribution in [1.82, 2.24) is 0 Å². The minimum absolute atomic E-state index is 0.0727. The second-order valence-corrected chi connectivity index (χ2v) is 8.21. The van der Waals surface area contributed by atoms with E-state index in [0.717, 1.165) is 12.1 Å². The van der Waals surface area contributed by atoms with Gasteiger partial charge >= 0.3 is 6.29 Å². The molecule has 32 heavy (non-hydrogen) atoms. The molecule has 2 amide bonds. The van der Waals surface area contributed by atoms with Gasteiger partial charge in [0.25, 0.3) is 11.8 Å². The Kier molecular flexibility index (Phi) is 5.87. The van der Waals surface area contributed by atoms with E-state index in [0.29, 0.717) is 14.6 Å². The van der Waals surface area contributed by atoms with Gasteiger partial charge in [0.15, 0.2) is 17.3 Å². The Morgan fingerprint density at radius 1 is 0.844 bits per heavy atom. The van der Waals surface area contributed by atoms with Gasteiger partial charge in [-0.05, 0) is 74.3 Å². The standard InChI is InChI=1S/C21H11Br2F3N2O4/c22-12-4-2-5-13(23)18(12)28-20(30)11-3-1-6-14(17(11)24)27-19(29)10-7-8-15-16(9-10)32-21(25,26)31-15/h1-9H,(H,27,29)(H,28,30). The number of rotatable bonds is 4. The largest absolute Gasteiger partial charge is 0.586 e. The summed E-state index contributed by atoms with van der Waals surface area (Å²) in [6, 6.07) is 12.5. The maximum absolute atomic E-state index is 15.0. The lowest BCUT2D eigenvalue weighted by Gasteiger charge is -2.12. The first-order chi connectivity index (χ1) is 15.1. The number of hydrogen-bond acceptors (Lipinski definition) is 4. The second kappa shape index (κ2) is 8.47. The average molecular weight is 572 g/mol. The fraction of sp³-hybridized carbons (Fsp3) is 0.0476. The van der Waals surface area contributed by atoms with Crippen LogP contribution in [0.5, 0.6) is 11.5 Å². The molecule has 11 heteroatoms. The zero-order valence-electron chi connectivity index (χ0n) is 15.7. The maximum Gasteiger partial charge on any atom is 0.586 e. The van der Waals surface area contributed by atoms with Crippen LogP contribution in [0.25, 0.3) is 0 Å². The van der Waals surface area contributed by atoms with E-state index >= 15 is 0 Å². The van der Waals surface area contributed by atoms with Crippen molar-refractivity contribution >= 4 is 55.0 Å². The number of amides is 2. The summed E-state index contributed by atoms with van der Waals surface area (Å²) in [4.78, 5) is 25.1. The van der Waals surface area contributed by atoms with Crippen LogP contribution in [-0.4, -0.2) is 18.1 Å². The van der Waals surface area contributed by atoms with Gasteiger partial charge < -0.3 is 20.1 Å². The number of para-hydroxylation sites is 1. The maximum atomic E-state index is 15.0. The molecule has 0 spiro atoms. The molecule has 1 heterocycles. The van der Waals surface area contributed by atoms with E-state index in [1.54, 1.807) is 18.2 Å². The average Bonchev–Trinajstić information content (AvgIpc) is 3.05. The van der Waals surface area contributed by atoms with Gasteiger partial charge in [-0.25, -0.2) is 4.39 Å². The highest BCUT2D eigenvalue weighted by molar-refractivity contribution is 9.11. The van der Waals surface area contributed by atoms with Crippen molar-refractivity contribution in [3.63, 3.8) is 0 Å². The van der Waals surface area contributed by atoms with Crippen molar-refractivity contribution in [1.29, 1.82) is 0 Å². The van der Waals surface area contributed by atoms with Gasteiger partial charge in [0.1, 0.15) is 0 Å². The fourth-order valence-corrected chi connectivity index (χ4v) is 4.08. The lowest BCUT2D eigenvalue weighted by Crippen LogP contribution is -2.25. The molecular formula is C21H11Br2F3N2O4. The third kappa shape index (κ3) is 4.44. The molecule has 1 aliphatic rings. The molecule has 164 valence electrons. The lowest BCUT2D eigenvalue weighted by atomic mass is 10.1. The molecule has 0 saturated heterocycles. The summed E-state index contributed by atoms with van der Waals surface area (Å²) in [7, 11) is 0. The van der Waals surface area contributed by atoms with Crippen molar-refractivity contribution in [3.05, 3.63) is 80.5 Å². The number of carbonyl (C=O) groups is 2. The van der Waals surface area contributed by atoms with Crippen molar-refractivity contribution in [2.75, 3.05) is 10.6 Å². The Morgan fingerprint density at radius 3 is 2.22 bits per heavy atom. The Balaban J connectivity index is 1.54. The molecule has 6 nitrogen and oxygen atoms in total. The highest BCUT2D eigenvalue weighted by Crippen LogP contribution is 2.41. The number of halogens is 5. The number of nitrogens with one attached hydrogen (secondary N) is 2. The molecule has 0 bridgehead atoms. The van der Waals surface area contributed by atoms with E-state index in [1.165, 1.54) is 24.3 Å². The Labute approximate surface area is 196 Å². The summed E-state index contributed by atoms with van der Waals surface area (Å²) in [6.45, 7) is 0. The molecule has 3 aromatic carbocycles. The fourth-order valence-electron chi connectivity index (χ4n) is 2.89. The number of hydrogen-bond donors (Lipinski definition) is 2. The molecule has 2 N–H and O–H groups in total. The molecule has 0 unspecified atom stereocenters. The smallest absolute Gasteiger partial charge is 0.395 e. The first-order valence-corrected chi connectivity index (χ1v) is 10.5. The predicted molar refractivity (Wildman–Crippen MR) is 117 cm³/mol. The number of fused-ring (bicyclic) bond motifs is 1. The van der Waals surface area contributed by atoms with Gasteiger partial charge in [-0.2, -0.15) is 0 Å². The molecule has 0 aliphatic carbocycles. The zero-order valence-corrected chi connectivity index (χ0v) is 18.9. The third-order valence-corrected chi connectivity index (χ3v) is 5.68. The Bertz CT molecular complexity index is 1230. The minimum Gasteiger partial charge on any atom is -0.395 e. The number of anilines is 2. The lowest BCUT2D eigenvalue weighted by molar-refractivity contribution is -0.286. The topological polar surface area (TPSA) is 76.7 Å². The second-order valence-electron chi connectivity index (χ2n) is 6.50. The molecule has 0 saturated carbocycles. The SMILES string of the molecule is O=C(Nc1cccc(C(=O)Nc2c(Br)cccc2Br)c1F)c1ccc2c(c1)OC(F)(F)O2. The molecule has 3 aromatic rings. The van der Waals surface area contributed by atoms with Crippen LogP contribution < -0.4 is 20.1 Å². The number of benzene rings is 3. The molecule has 0 aromatic heterocycles. The normalized spacial score (nSPS) is 13.5. The van der Waals surface area contributed by atoms with Crippen molar-refractivity contribution in [2.24, 2.45) is 0 Å². The van der Waals surface area contributed by atoms with Gasteiger partial charge in [-0.15, -0.1) is 8.78 Å². The van der Waals surface area contributed by atoms with Crippen molar-refractivity contribution in [3.8, 4) is 11.5 Å². The Hall–Kier alpha value is -3.05. The summed E-state index contributed by atoms with van der Waals surface area (Å²) in [5, 5.41) is 4.92. The van der Waals surface area contributed by atoms with Crippen LogP contribution in [0.15, 0.2) is 63.5 Å². The van der Waals surface area contributed by atoms with Crippen molar-refractivity contribution < 1.29 is 32.2 Å². The first kappa shape index (κ1) is 22.2. The first-order valence-electron chi connectivity index (χ1n) is 8.90. The van der Waals surface area contributed by atoms with Gasteiger partial charge in [0.05, 0.1) is 16.9 Å². The summed E-state index contributed by atoms with van der Waals surface area (Å²) >= 11 is 6.61. The van der Waals surface area contributed by atoms with Crippen LogP contribution in [0.1, 0.15) is 20.7 Å². The summed E-state index contributed by atoms with van der Waals surface area (Å²) in [5.41, 5.74) is -0.243. The van der Waals surface area contributed by atoms with Crippen LogP contribution in [0.4, 0.5) is 24.5 Å². The third-order valence-electron chi connectivity index (χ3n) is 4.36. The van der Waals surface area contributed by atoms with Gasteiger partial charge in [-0.3, -0.25) is 9.59 Å². The molecule has 0 atom stereocenters. The van der Waals surface area contributed by atoms with Gasteiger partial charge in [0, 0.05) is 14.5 Å². The van der Waals surface area contributed by atoms with Crippen LogP contribution in [0.2, 0.25) is 0 Å². The van der Waals surface area contributed by atoms with Gasteiger partial charge in [0.2, 0.25) is 0 Å². The predicted octanol–water partition coefficient (Wildman–Crippen LogP) is 6.18. The van der Waals surface area contributed by atoms with E-state index in [4.69, 9.17) is 0 Å². The number of carbonyl (C=O) groups excluding carboxylic acids is 2. The number of alkyl halides is 2. The Morgan fingerprint density at radius 2 is 1.50 bits per heavy atom. The summed E-state index contributed by atoms with van der Waals surface area (Å²) < 4.78 is 51.1. The summed E-state index contributed by atoms with van der Waals surface area (Å²) in [6.07, 6.45) is -3.83.